The largest absolute Gasteiger partial charge is 0.484 e. The molecule has 1 fully saturated rings. The van der Waals surface area contributed by atoms with Crippen molar-refractivity contribution in [3.05, 3.63) is 28.2 Å². The summed E-state index contributed by atoms with van der Waals surface area (Å²) in [7, 11) is 0. The van der Waals surface area contributed by atoms with Gasteiger partial charge in [-0.25, -0.2) is 0 Å². The summed E-state index contributed by atoms with van der Waals surface area (Å²) in [5.41, 5.74) is 0. The molecule has 4 nitrogen and oxygen atoms in total. The highest BCUT2D eigenvalue weighted by molar-refractivity contribution is 6.34. The standard InChI is InChI=1S/C16H22Cl2N2O2/c1-2-19-10-12-3-5-20(6-4-12)16(21)11-22-15-8-13(17)7-14(18)9-15/h7-9,12,19H,2-6,10-11H2,1H3. The topological polar surface area (TPSA) is 41.6 Å². The van der Waals surface area contributed by atoms with Crippen LogP contribution in [0.1, 0.15) is 19.8 Å². The minimum Gasteiger partial charge on any atom is -0.484 e. The molecule has 0 radical (unpaired) electrons. The van der Waals surface area contributed by atoms with E-state index in [1.807, 2.05) is 4.90 Å². The number of benzene rings is 1. The van der Waals surface area contributed by atoms with E-state index >= 15 is 0 Å². The summed E-state index contributed by atoms with van der Waals surface area (Å²) in [6.07, 6.45) is 2.09. The summed E-state index contributed by atoms with van der Waals surface area (Å²) in [6.45, 7) is 5.76. The number of rotatable bonds is 6. The maximum Gasteiger partial charge on any atom is 0.260 e. The van der Waals surface area contributed by atoms with Gasteiger partial charge in [-0.3, -0.25) is 4.79 Å². The molecule has 1 aliphatic heterocycles. The Morgan fingerprint density at radius 1 is 1.27 bits per heavy atom. The molecular weight excluding hydrogens is 323 g/mol. The van der Waals surface area contributed by atoms with E-state index in [9.17, 15) is 4.79 Å². The third-order valence-corrected chi connectivity index (χ3v) is 4.29. The number of piperidine rings is 1. The van der Waals surface area contributed by atoms with Gasteiger partial charge in [0.15, 0.2) is 6.61 Å². The Labute approximate surface area is 141 Å². The zero-order valence-corrected chi connectivity index (χ0v) is 14.3. The Morgan fingerprint density at radius 2 is 1.91 bits per heavy atom. The number of halogens is 2. The van der Waals surface area contributed by atoms with Crippen molar-refractivity contribution in [1.29, 1.82) is 0 Å². The van der Waals surface area contributed by atoms with Crippen LogP contribution in [0.2, 0.25) is 10.0 Å². The van der Waals surface area contributed by atoms with Gasteiger partial charge < -0.3 is 15.0 Å². The van der Waals surface area contributed by atoms with Gasteiger partial charge in [-0.05, 0) is 50.0 Å². The Balaban J connectivity index is 1.76. The van der Waals surface area contributed by atoms with Gasteiger partial charge in [-0.2, -0.15) is 0 Å². The molecule has 1 saturated heterocycles. The van der Waals surface area contributed by atoms with Gasteiger partial charge in [0, 0.05) is 23.1 Å². The van der Waals surface area contributed by atoms with Gasteiger partial charge in [-0.15, -0.1) is 0 Å². The van der Waals surface area contributed by atoms with E-state index in [0.717, 1.165) is 39.0 Å². The molecule has 0 atom stereocenters. The molecule has 1 heterocycles. The van der Waals surface area contributed by atoms with Gasteiger partial charge in [-0.1, -0.05) is 30.1 Å². The van der Waals surface area contributed by atoms with Gasteiger partial charge in [0.25, 0.3) is 5.91 Å². The number of amides is 1. The highest BCUT2D eigenvalue weighted by Gasteiger charge is 2.22. The van der Waals surface area contributed by atoms with Crippen molar-refractivity contribution in [2.24, 2.45) is 5.92 Å². The van der Waals surface area contributed by atoms with Gasteiger partial charge in [0.2, 0.25) is 0 Å². The quantitative estimate of drug-likeness (QED) is 0.861. The normalized spacial score (nSPS) is 15.9. The smallest absolute Gasteiger partial charge is 0.260 e. The van der Waals surface area contributed by atoms with E-state index < -0.39 is 0 Å². The molecule has 22 heavy (non-hydrogen) atoms. The first kappa shape index (κ1) is 17.4. The fourth-order valence-corrected chi connectivity index (χ4v) is 3.09. The molecule has 2 rings (SSSR count). The summed E-state index contributed by atoms with van der Waals surface area (Å²) in [6, 6.07) is 4.94. The van der Waals surface area contributed by atoms with E-state index in [-0.39, 0.29) is 12.5 Å². The first-order chi connectivity index (χ1) is 10.6. The molecule has 1 aliphatic rings. The first-order valence-corrected chi connectivity index (χ1v) is 8.41. The summed E-state index contributed by atoms with van der Waals surface area (Å²) >= 11 is 11.8. The molecule has 122 valence electrons. The predicted molar refractivity (Wildman–Crippen MR) is 89.8 cm³/mol. The zero-order chi connectivity index (χ0) is 15.9. The van der Waals surface area contributed by atoms with Crippen LogP contribution in [0.15, 0.2) is 18.2 Å². The highest BCUT2D eigenvalue weighted by atomic mass is 35.5. The van der Waals surface area contributed by atoms with Crippen LogP contribution < -0.4 is 10.1 Å². The molecule has 0 aliphatic carbocycles. The number of carbonyl (C=O) groups is 1. The third kappa shape index (κ3) is 5.34. The van der Waals surface area contributed by atoms with E-state index in [0.29, 0.717) is 21.7 Å². The van der Waals surface area contributed by atoms with Crippen molar-refractivity contribution >= 4 is 29.1 Å². The Hall–Kier alpha value is -0.970. The Bertz CT molecular complexity index is 483. The average Bonchev–Trinajstić information content (AvgIpc) is 2.50. The highest BCUT2D eigenvalue weighted by Crippen LogP contribution is 2.24. The molecule has 1 aromatic rings. The van der Waals surface area contributed by atoms with Crippen molar-refractivity contribution in [3.63, 3.8) is 0 Å². The summed E-state index contributed by atoms with van der Waals surface area (Å²) in [5.74, 6) is 1.20. The second-order valence-electron chi connectivity index (χ2n) is 5.53. The molecule has 1 N–H and O–H groups in total. The predicted octanol–water partition coefficient (Wildman–Crippen LogP) is 3.22. The number of hydrogen-bond donors (Lipinski definition) is 1. The zero-order valence-electron chi connectivity index (χ0n) is 12.8. The van der Waals surface area contributed by atoms with E-state index in [4.69, 9.17) is 27.9 Å². The molecule has 0 bridgehead atoms. The molecule has 6 heteroatoms. The summed E-state index contributed by atoms with van der Waals surface area (Å²) < 4.78 is 5.50. The molecule has 0 spiro atoms. The minimum atomic E-state index is 0.0120. The average molecular weight is 345 g/mol. The van der Waals surface area contributed by atoms with Crippen molar-refractivity contribution < 1.29 is 9.53 Å². The lowest BCUT2D eigenvalue weighted by atomic mass is 9.97. The Morgan fingerprint density at radius 3 is 2.50 bits per heavy atom. The monoisotopic (exact) mass is 344 g/mol. The van der Waals surface area contributed by atoms with Gasteiger partial charge in [0.1, 0.15) is 5.75 Å². The van der Waals surface area contributed by atoms with Crippen LogP contribution in [0.5, 0.6) is 5.75 Å². The molecule has 0 unspecified atom stereocenters. The fraction of sp³-hybridized carbons (Fsp3) is 0.562. The lowest BCUT2D eigenvalue weighted by Crippen LogP contribution is -2.42. The van der Waals surface area contributed by atoms with Gasteiger partial charge in [0.05, 0.1) is 0 Å². The van der Waals surface area contributed by atoms with Crippen LogP contribution in [0, 0.1) is 5.92 Å². The maximum absolute atomic E-state index is 12.2. The number of nitrogens with one attached hydrogen (secondary N) is 1. The van der Waals surface area contributed by atoms with E-state index in [2.05, 4.69) is 12.2 Å². The van der Waals surface area contributed by atoms with Crippen LogP contribution in [0.25, 0.3) is 0 Å². The van der Waals surface area contributed by atoms with Crippen molar-refractivity contribution in [2.75, 3.05) is 32.8 Å². The third-order valence-electron chi connectivity index (χ3n) is 3.85. The van der Waals surface area contributed by atoms with Crippen LogP contribution >= 0.6 is 23.2 Å². The summed E-state index contributed by atoms with van der Waals surface area (Å²) in [5, 5.41) is 4.36. The van der Waals surface area contributed by atoms with Crippen LogP contribution in [0.4, 0.5) is 0 Å². The SMILES string of the molecule is CCNCC1CCN(C(=O)COc2cc(Cl)cc(Cl)c2)CC1. The lowest BCUT2D eigenvalue weighted by molar-refractivity contribution is -0.134. The summed E-state index contributed by atoms with van der Waals surface area (Å²) in [4.78, 5) is 14.1. The molecule has 0 aromatic heterocycles. The number of hydrogen-bond acceptors (Lipinski definition) is 3. The second-order valence-corrected chi connectivity index (χ2v) is 6.40. The van der Waals surface area contributed by atoms with Crippen molar-refractivity contribution in [3.8, 4) is 5.75 Å². The molecule has 1 aromatic carbocycles. The van der Waals surface area contributed by atoms with Crippen LogP contribution in [-0.4, -0.2) is 43.6 Å². The fourth-order valence-electron chi connectivity index (χ4n) is 2.58. The Kier molecular flexibility index (Phi) is 6.80. The first-order valence-electron chi connectivity index (χ1n) is 7.66. The van der Waals surface area contributed by atoms with Crippen LogP contribution in [-0.2, 0) is 4.79 Å². The van der Waals surface area contributed by atoms with Crippen molar-refractivity contribution in [2.45, 2.75) is 19.8 Å². The molecular formula is C16H22Cl2N2O2. The van der Waals surface area contributed by atoms with E-state index in [1.165, 1.54) is 0 Å². The number of likely N-dealkylation sites (tertiary alicyclic amines) is 1. The number of nitrogens with zero attached hydrogens (tertiary/aromatic N) is 1. The van der Waals surface area contributed by atoms with Gasteiger partial charge >= 0.3 is 0 Å². The lowest BCUT2D eigenvalue weighted by Gasteiger charge is -2.32. The van der Waals surface area contributed by atoms with Crippen LogP contribution in [0.3, 0.4) is 0 Å². The molecule has 1 amide bonds. The van der Waals surface area contributed by atoms with E-state index in [1.54, 1.807) is 18.2 Å². The second kappa shape index (κ2) is 8.61. The number of ether oxygens (including phenoxy) is 1. The maximum atomic E-state index is 12.2. The minimum absolute atomic E-state index is 0.0120. The number of carbonyl (C=O) groups excluding carboxylic acids is 1. The van der Waals surface area contributed by atoms with Crippen molar-refractivity contribution in [1.82, 2.24) is 10.2 Å². The molecule has 0 saturated carbocycles.